The van der Waals surface area contributed by atoms with Crippen LogP contribution in [0.1, 0.15) is 35.3 Å². The van der Waals surface area contributed by atoms with Crippen LogP contribution < -0.4 is 4.72 Å². The van der Waals surface area contributed by atoms with E-state index in [0.717, 1.165) is 6.07 Å². The van der Waals surface area contributed by atoms with Crippen LogP contribution in [0.15, 0.2) is 17.0 Å². The van der Waals surface area contributed by atoms with Gasteiger partial charge in [0.25, 0.3) is 0 Å². The molecule has 0 radical (unpaired) electrons. The Morgan fingerprint density at radius 3 is 2.25 bits per heavy atom. The first-order valence-electron chi connectivity index (χ1n) is 6.00. The summed E-state index contributed by atoms with van der Waals surface area (Å²) in [5, 5.41) is 18.6. The van der Waals surface area contributed by atoms with E-state index >= 15 is 0 Å². The van der Waals surface area contributed by atoms with E-state index in [1.807, 2.05) is 0 Å². The van der Waals surface area contributed by atoms with E-state index in [1.54, 1.807) is 13.8 Å². The topological polar surface area (TPSA) is 104 Å². The molecule has 0 aliphatic carbocycles. The lowest BCUT2D eigenvalue weighted by Gasteiger charge is -2.18. The number of aliphatic hydroxyl groups is 1. The van der Waals surface area contributed by atoms with Gasteiger partial charge in [0.15, 0.2) is 0 Å². The van der Waals surface area contributed by atoms with E-state index in [2.05, 4.69) is 4.72 Å². The Kier molecular flexibility index (Phi) is 4.58. The van der Waals surface area contributed by atoms with Crippen molar-refractivity contribution < 1.29 is 23.4 Å². The first-order valence-corrected chi connectivity index (χ1v) is 7.49. The molecule has 112 valence electrons. The maximum absolute atomic E-state index is 12.2. The normalized spacial score (nSPS) is 12.4. The number of aromatic carboxylic acids is 1. The first kappa shape index (κ1) is 16.6. The summed E-state index contributed by atoms with van der Waals surface area (Å²) < 4.78 is 26.6. The summed E-state index contributed by atoms with van der Waals surface area (Å²) in [5.41, 5.74) is -0.298. The zero-order chi connectivity index (χ0) is 15.7. The van der Waals surface area contributed by atoms with Gasteiger partial charge < -0.3 is 10.2 Å². The van der Waals surface area contributed by atoms with Gasteiger partial charge >= 0.3 is 5.97 Å². The molecule has 0 unspecified atom stereocenters. The van der Waals surface area contributed by atoms with Crippen LogP contribution in [0.3, 0.4) is 0 Å². The summed E-state index contributed by atoms with van der Waals surface area (Å²) in [6.45, 7) is 5.99. The zero-order valence-electron chi connectivity index (χ0n) is 11.9. The summed E-state index contributed by atoms with van der Waals surface area (Å²) in [7, 11) is -3.87. The van der Waals surface area contributed by atoms with E-state index in [0.29, 0.717) is 11.1 Å². The molecule has 7 heteroatoms. The van der Waals surface area contributed by atoms with Crippen LogP contribution in [0, 0.1) is 13.8 Å². The molecule has 0 saturated heterocycles. The highest BCUT2D eigenvalue weighted by Crippen LogP contribution is 2.21. The fourth-order valence-corrected chi connectivity index (χ4v) is 3.16. The van der Waals surface area contributed by atoms with Crippen LogP contribution in [0.4, 0.5) is 0 Å². The van der Waals surface area contributed by atoms with Gasteiger partial charge in [0.2, 0.25) is 10.0 Å². The highest BCUT2D eigenvalue weighted by atomic mass is 32.2. The summed E-state index contributed by atoms with van der Waals surface area (Å²) in [6, 6.07) is 2.65. The van der Waals surface area contributed by atoms with Crippen LogP contribution in [0.2, 0.25) is 0 Å². The van der Waals surface area contributed by atoms with Gasteiger partial charge in [0.05, 0.1) is 16.1 Å². The van der Waals surface area contributed by atoms with Gasteiger partial charge in [-0.2, -0.15) is 0 Å². The maximum Gasteiger partial charge on any atom is 0.335 e. The number of sulfonamides is 1. The van der Waals surface area contributed by atoms with Gasteiger partial charge in [0.1, 0.15) is 0 Å². The van der Waals surface area contributed by atoms with Crippen LogP contribution >= 0.6 is 0 Å². The van der Waals surface area contributed by atoms with Crippen molar-refractivity contribution in [3.63, 3.8) is 0 Å². The minimum Gasteiger partial charge on any atom is -0.478 e. The molecule has 0 fully saturated rings. The Morgan fingerprint density at radius 1 is 1.25 bits per heavy atom. The zero-order valence-corrected chi connectivity index (χ0v) is 12.7. The van der Waals surface area contributed by atoms with Crippen LogP contribution in [-0.4, -0.2) is 36.7 Å². The molecule has 3 N–H and O–H groups in total. The second-order valence-electron chi connectivity index (χ2n) is 5.37. The standard InChI is InChI=1S/C13H19NO5S/c1-8-5-9(2)11(6-10(8)12(15)16)20(18,19)14-7-13(3,4)17/h5-6,14,17H,7H2,1-4H3,(H,15,16). The largest absolute Gasteiger partial charge is 0.478 e. The minimum atomic E-state index is -3.87. The number of benzene rings is 1. The number of hydrogen-bond acceptors (Lipinski definition) is 4. The van der Waals surface area contributed by atoms with E-state index in [9.17, 15) is 18.3 Å². The predicted molar refractivity (Wildman–Crippen MR) is 74.4 cm³/mol. The van der Waals surface area contributed by atoms with Crippen LogP contribution in [0.5, 0.6) is 0 Å². The molecular weight excluding hydrogens is 282 g/mol. The molecule has 0 spiro atoms. The molecule has 0 atom stereocenters. The van der Waals surface area contributed by atoms with E-state index in [1.165, 1.54) is 19.9 Å². The van der Waals surface area contributed by atoms with E-state index in [-0.39, 0.29) is 17.0 Å². The molecule has 0 aliphatic rings. The molecular formula is C13H19NO5S. The molecule has 0 saturated carbocycles. The van der Waals surface area contributed by atoms with Crippen LogP contribution in [0.25, 0.3) is 0 Å². The van der Waals surface area contributed by atoms with Crippen molar-refractivity contribution in [1.82, 2.24) is 4.72 Å². The molecule has 0 aromatic heterocycles. The molecule has 0 heterocycles. The number of aryl methyl sites for hydroxylation is 2. The molecule has 6 nitrogen and oxygen atoms in total. The molecule has 0 amide bonds. The van der Waals surface area contributed by atoms with Crippen molar-refractivity contribution in [2.45, 2.75) is 38.2 Å². The summed E-state index contributed by atoms with van der Waals surface area (Å²) in [6.07, 6.45) is 0. The van der Waals surface area contributed by atoms with Crippen molar-refractivity contribution in [3.05, 3.63) is 28.8 Å². The molecule has 1 rings (SSSR count). The smallest absolute Gasteiger partial charge is 0.335 e. The van der Waals surface area contributed by atoms with Crippen molar-refractivity contribution in [3.8, 4) is 0 Å². The molecule has 0 bridgehead atoms. The average Bonchev–Trinajstić information content (AvgIpc) is 2.24. The van der Waals surface area contributed by atoms with Gasteiger partial charge in [0, 0.05) is 6.54 Å². The third kappa shape index (κ3) is 4.03. The van der Waals surface area contributed by atoms with Gasteiger partial charge in [-0.25, -0.2) is 17.9 Å². The minimum absolute atomic E-state index is 0.0563. The number of carboxylic acid groups (broad SMARTS) is 1. The Morgan fingerprint density at radius 2 is 1.80 bits per heavy atom. The van der Waals surface area contributed by atoms with Crippen molar-refractivity contribution in [2.24, 2.45) is 0 Å². The second kappa shape index (κ2) is 5.51. The highest BCUT2D eigenvalue weighted by Gasteiger charge is 2.23. The molecule has 0 aliphatic heterocycles. The van der Waals surface area contributed by atoms with Gasteiger partial charge in [-0.3, -0.25) is 0 Å². The molecule has 1 aromatic rings. The lowest BCUT2D eigenvalue weighted by Crippen LogP contribution is -2.38. The van der Waals surface area contributed by atoms with E-state index < -0.39 is 21.6 Å². The van der Waals surface area contributed by atoms with Crippen LogP contribution in [-0.2, 0) is 10.0 Å². The van der Waals surface area contributed by atoms with Crippen molar-refractivity contribution >= 4 is 16.0 Å². The monoisotopic (exact) mass is 301 g/mol. The lowest BCUT2D eigenvalue weighted by atomic mass is 10.1. The Balaban J connectivity index is 3.25. The Hall–Kier alpha value is -1.44. The fraction of sp³-hybridized carbons (Fsp3) is 0.462. The van der Waals surface area contributed by atoms with Crippen molar-refractivity contribution in [2.75, 3.05) is 6.54 Å². The quantitative estimate of drug-likeness (QED) is 0.754. The first-order chi connectivity index (χ1) is 8.94. The number of carboxylic acids is 1. The number of hydrogen-bond donors (Lipinski definition) is 3. The summed E-state index contributed by atoms with van der Waals surface area (Å²) in [4.78, 5) is 11.0. The van der Waals surface area contributed by atoms with Gasteiger partial charge in [-0.05, 0) is 44.9 Å². The molecule has 20 heavy (non-hydrogen) atoms. The van der Waals surface area contributed by atoms with E-state index in [4.69, 9.17) is 5.11 Å². The third-order valence-electron chi connectivity index (χ3n) is 2.74. The van der Waals surface area contributed by atoms with Gasteiger partial charge in [-0.1, -0.05) is 6.07 Å². The predicted octanol–water partition coefficient (Wildman–Crippen LogP) is 1.05. The highest BCUT2D eigenvalue weighted by molar-refractivity contribution is 7.89. The fourth-order valence-electron chi connectivity index (χ4n) is 1.70. The average molecular weight is 301 g/mol. The molecule has 1 aromatic carbocycles. The third-order valence-corrected chi connectivity index (χ3v) is 4.28. The Labute approximate surface area is 118 Å². The number of rotatable bonds is 5. The number of nitrogens with one attached hydrogen (secondary N) is 1. The maximum atomic E-state index is 12.2. The summed E-state index contributed by atoms with van der Waals surface area (Å²) >= 11 is 0. The summed E-state index contributed by atoms with van der Waals surface area (Å²) in [5.74, 6) is -1.18. The lowest BCUT2D eigenvalue weighted by molar-refractivity contribution is 0.0695. The second-order valence-corrected chi connectivity index (χ2v) is 7.11. The van der Waals surface area contributed by atoms with Gasteiger partial charge in [-0.15, -0.1) is 0 Å². The number of carbonyl (C=O) groups is 1. The SMILES string of the molecule is Cc1cc(C)c(S(=O)(=O)NCC(C)(C)O)cc1C(=O)O. The van der Waals surface area contributed by atoms with Crippen molar-refractivity contribution in [1.29, 1.82) is 0 Å². The Bertz CT molecular complexity index is 629.